The minimum atomic E-state index is -1.83. The van der Waals surface area contributed by atoms with Crippen molar-refractivity contribution >= 4 is 17.3 Å². The van der Waals surface area contributed by atoms with E-state index in [1.54, 1.807) is 0 Å². The molecule has 0 aromatic heterocycles. The summed E-state index contributed by atoms with van der Waals surface area (Å²) >= 11 is 0. The van der Waals surface area contributed by atoms with E-state index in [1.807, 2.05) is 74.5 Å². The van der Waals surface area contributed by atoms with Gasteiger partial charge in [0, 0.05) is 11.5 Å². The van der Waals surface area contributed by atoms with Crippen molar-refractivity contribution in [3.05, 3.63) is 57.9 Å². The number of carbonyl (C=O) groups excluding carboxylic acids is 3. The Labute approximate surface area is 243 Å². The number of aliphatic hydroxyl groups excluding tert-OH is 1. The smallest absolute Gasteiger partial charge is 0.184 e. The van der Waals surface area contributed by atoms with Gasteiger partial charge in [0.1, 0.15) is 5.76 Å². The van der Waals surface area contributed by atoms with Crippen LogP contribution in [0, 0.1) is 28.1 Å². The van der Waals surface area contributed by atoms with Crippen molar-refractivity contribution in [2.75, 3.05) is 0 Å². The molecule has 2 aliphatic rings. The quantitative estimate of drug-likeness (QED) is 0.194. The van der Waals surface area contributed by atoms with Crippen LogP contribution in [-0.2, 0) is 14.4 Å². The number of rotatable bonds is 12. The van der Waals surface area contributed by atoms with Gasteiger partial charge in [0.15, 0.2) is 22.8 Å². The summed E-state index contributed by atoms with van der Waals surface area (Å²) in [5.74, 6) is -1.81. The van der Waals surface area contributed by atoms with Crippen LogP contribution in [0.4, 0.5) is 0 Å². The summed E-state index contributed by atoms with van der Waals surface area (Å²) in [5, 5.41) is 11.9. The van der Waals surface area contributed by atoms with Crippen LogP contribution in [0.3, 0.4) is 0 Å². The third-order valence-corrected chi connectivity index (χ3v) is 9.51. The fourth-order valence-electron chi connectivity index (χ4n) is 6.83. The Morgan fingerprint density at radius 1 is 0.925 bits per heavy atom. The fourth-order valence-corrected chi connectivity index (χ4v) is 6.83. The van der Waals surface area contributed by atoms with Crippen LogP contribution in [0.5, 0.6) is 0 Å². The first-order chi connectivity index (χ1) is 18.5. The highest BCUT2D eigenvalue weighted by Crippen LogP contribution is 2.67. The third-order valence-electron chi connectivity index (χ3n) is 9.51. The number of hydrogen-bond acceptors (Lipinski definition) is 4. The van der Waals surface area contributed by atoms with E-state index in [-0.39, 0.29) is 41.7 Å². The van der Waals surface area contributed by atoms with Crippen molar-refractivity contribution in [3.63, 3.8) is 0 Å². The maximum absolute atomic E-state index is 15.1. The van der Waals surface area contributed by atoms with Crippen LogP contribution in [0.1, 0.15) is 121 Å². The van der Waals surface area contributed by atoms with Crippen LogP contribution in [0.15, 0.2) is 57.9 Å². The number of ketones is 3. The van der Waals surface area contributed by atoms with E-state index in [9.17, 15) is 14.7 Å². The molecule has 0 saturated heterocycles. The van der Waals surface area contributed by atoms with Gasteiger partial charge in [-0.3, -0.25) is 14.4 Å². The van der Waals surface area contributed by atoms with Gasteiger partial charge in [-0.25, -0.2) is 0 Å². The number of allylic oxidation sites excluding steroid dienone is 10. The molecule has 1 fully saturated rings. The second-order valence-electron chi connectivity index (χ2n) is 13.6. The zero-order chi connectivity index (χ0) is 30.6. The van der Waals surface area contributed by atoms with Gasteiger partial charge in [0.25, 0.3) is 0 Å². The molecule has 0 unspecified atom stereocenters. The lowest BCUT2D eigenvalue weighted by atomic mass is 9.37. The Morgan fingerprint density at radius 2 is 1.48 bits per heavy atom. The van der Waals surface area contributed by atoms with Crippen LogP contribution >= 0.6 is 0 Å². The molecule has 0 heterocycles. The highest BCUT2D eigenvalue weighted by molar-refractivity contribution is 6.33. The molecule has 222 valence electrons. The topological polar surface area (TPSA) is 71.4 Å². The molecule has 0 spiro atoms. The van der Waals surface area contributed by atoms with Crippen LogP contribution in [-0.4, -0.2) is 22.5 Å². The predicted octanol–water partition coefficient (Wildman–Crippen LogP) is 9.38. The van der Waals surface area contributed by atoms with Crippen molar-refractivity contribution < 1.29 is 19.5 Å². The highest BCUT2D eigenvalue weighted by Gasteiger charge is 2.76. The molecule has 0 aliphatic heterocycles. The first kappa shape index (κ1) is 33.7. The lowest BCUT2D eigenvalue weighted by Crippen LogP contribution is -2.71. The molecule has 2 bridgehead atoms. The van der Waals surface area contributed by atoms with E-state index >= 15 is 4.79 Å². The van der Waals surface area contributed by atoms with E-state index in [0.717, 1.165) is 16.7 Å². The Morgan fingerprint density at radius 3 is 1.98 bits per heavy atom. The monoisotopic (exact) mass is 550 g/mol. The van der Waals surface area contributed by atoms with Gasteiger partial charge in [-0.05, 0) is 112 Å². The molecule has 2 aliphatic carbocycles. The van der Waals surface area contributed by atoms with Crippen LogP contribution < -0.4 is 0 Å². The number of fused-ring (bicyclic) bond motifs is 2. The minimum absolute atomic E-state index is 0.112. The molecule has 40 heavy (non-hydrogen) atoms. The Kier molecular flexibility index (Phi) is 11.0. The van der Waals surface area contributed by atoms with E-state index in [2.05, 4.69) is 26.0 Å². The molecular weight excluding hydrogens is 496 g/mol. The lowest BCUT2D eigenvalue weighted by molar-refractivity contribution is -0.180. The number of Topliss-reactive ketones (excluding diaryl/α,β-unsaturated/α-hetero) is 3. The van der Waals surface area contributed by atoms with Crippen molar-refractivity contribution in [2.45, 2.75) is 121 Å². The van der Waals surface area contributed by atoms with E-state index in [4.69, 9.17) is 0 Å². The normalized spacial score (nSPS) is 28.5. The van der Waals surface area contributed by atoms with Gasteiger partial charge in [0.2, 0.25) is 0 Å². The average molecular weight is 551 g/mol. The SMILES string of the molecule is CC[C@@H](C)C(=O)[C@@]12C(=O)C(CC=C(C)C)=C(O)[C@@](CC=C(C)C)(C[C@H](CC=C(C)C)[C@@]1(C)CCC=C(C)C)C2=O. The van der Waals surface area contributed by atoms with E-state index < -0.39 is 27.9 Å². The summed E-state index contributed by atoms with van der Waals surface area (Å²) in [4.78, 5) is 44.8. The summed E-state index contributed by atoms with van der Waals surface area (Å²) in [7, 11) is 0. The second kappa shape index (κ2) is 13.0. The van der Waals surface area contributed by atoms with Gasteiger partial charge in [-0.1, -0.05) is 67.4 Å². The van der Waals surface area contributed by atoms with Gasteiger partial charge in [0.05, 0.1) is 5.41 Å². The zero-order valence-corrected chi connectivity index (χ0v) is 27.1. The van der Waals surface area contributed by atoms with Gasteiger partial charge in [-0.2, -0.15) is 0 Å². The Bertz CT molecular complexity index is 1160. The van der Waals surface area contributed by atoms with Crippen molar-refractivity contribution in [3.8, 4) is 0 Å². The maximum Gasteiger partial charge on any atom is 0.184 e. The van der Waals surface area contributed by atoms with Gasteiger partial charge < -0.3 is 5.11 Å². The number of hydrogen-bond donors (Lipinski definition) is 1. The summed E-state index contributed by atoms with van der Waals surface area (Å²) in [6.07, 6.45) is 11.6. The molecule has 1 N–H and O–H groups in total. The molecular formula is C36H54O4. The summed E-state index contributed by atoms with van der Waals surface area (Å²) < 4.78 is 0. The molecule has 2 rings (SSSR count). The largest absolute Gasteiger partial charge is 0.511 e. The van der Waals surface area contributed by atoms with Gasteiger partial charge >= 0.3 is 0 Å². The Balaban J connectivity index is 3.11. The maximum atomic E-state index is 15.1. The van der Waals surface area contributed by atoms with Crippen LogP contribution in [0.2, 0.25) is 0 Å². The minimum Gasteiger partial charge on any atom is -0.511 e. The van der Waals surface area contributed by atoms with E-state index in [1.165, 1.54) is 5.57 Å². The van der Waals surface area contributed by atoms with Crippen molar-refractivity contribution in [2.24, 2.45) is 28.1 Å². The first-order valence-electron chi connectivity index (χ1n) is 15.1. The summed E-state index contributed by atoms with van der Waals surface area (Å²) in [6.45, 7) is 21.9. The fraction of sp³-hybridized carbons (Fsp3) is 0.639. The molecule has 4 heteroatoms. The Hall–Kier alpha value is -2.49. The molecule has 4 nitrogen and oxygen atoms in total. The molecule has 0 amide bonds. The summed E-state index contributed by atoms with van der Waals surface area (Å²) in [5.41, 5.74) is 0.600. The van der Waals surface area contributed by atoms with Gasteiger partial charge in [-0.15, -0.1) is 0 Å². The number of carbonyl (C=O) groups is 3. The van der Waals surface area contributed by atoms with E-state index in [0.29, 0.717) is 32.1 Å². The predicted molar refractivity (Wildman–Crippen MR) is 166 cm³/mol. The number of aliphatic hydroxyl groups is 1. The lowest BCUT2D eigenvalue weighted by Gasteiger charge is -2.61. The van der Waals surface area contributed by atoms with Crippen molar-refractivity contribution in [1.29, 1.82) is 0 Å². The van der Waals surface area contributed by atoms with Crippen molar-refractivity contribution in [1.82, 2.24) is 0 Å². The first-order valence-corrected chi connectivity index (χ1v) is 15.1. The molecule has 1 saturated carbocycles. The molecule has 0 aromatic carbocycles. The average Bonchev–Trinajstić information content (AvgIpc) is 2.86. The molecule has 0 aromatic rings. The van der Waals surface area contributed by atoms with Crippen LogP contribution in [0.25, 0.3) is 0 Å². The second-order valence-corrected chi connectivity index (χ2v) is 13.6. The summed E-state index contributed by atoms with van der Waals surface area (Å²) in [6, 6.07) is 0. The molecule has 5 atom stereocenters. The highest BCUT2D eigenvalue weighted by atomic mass is 16.3. The molecule has 0 radical (unpaired) electrons. The zero-order valence-electron chi connectivity index (χ0n) is 27.1. The standard InChI is InChI=1S/C36H54O4/c1-12-27(10)30(37)36-32(39)29(18-16-25(6)7)31(38)35(33(36)40,21-19-26(8)9)22-28(17-15-24(4)5)34(36,11)20-13-14-23(2)3/h14-16,19,27-28,38H,12-13,17-18,20-22H2,1-11H3/t27-,28+,34-,35-,36+/m1/s1. The third kappa shape index (κ3) is 5.92.